The number of hydrogen-bond donors (Lipinski definition) is 1. The molecule has 0 bridgehead atoms. The Balaban J connectivity index is 2.00. The molecule has 0 aliphatic rings. The summed E-state index contributed by atoms with van der Waals surface area (Å²) in [5, 5.41) is 18.8. The van der Waals surface area contributed by atoms with E-state index in [1.54, 1.807) is 12.1 Å². The number of nitro benzene ring substituents is 1. The van der Waals surface area contributed by atoms with Crippen molar-refractivity contribution in [3.05, 3.63) is 45.0 Å². The summed E-state index contributed by atoms with van der Waals surface area (Å²) in [6, 6.07) is 5.93. The lowest BCUT2D eigenvalue weighted by molar-refractivity contribution is -0.384. The van der Waals surface area contributed by atoms with Gasteiger partial charge in [-0.3, -0.25) is 15.5 Å². The van der Waals surface area contributed by atoms with Crippen LogP contribution in [0.3, 0.4) is 0 Å². The molecule has 0 aliphatic heterocycles. The third-order valence-electron chi connectivity index (χ3n) is 2.41. The number of aromatic nitrogens is 1. The molecule has 2 rings (SSSR count). The second-order valence-electron chi connectivity index (χ2n) is 3.75. The van der Waals surface area contributed by atoms with Gasteiger partial charge >= 0.3 is 0 Å². The van der Waals surface area contributed by atoms with Crippen LogP contribution in [0.15, 0.2) is 34.6 Å². The molecule has 0 saturated carbocycles. The van der Waals surface area contributed by atoms with Gasteiger partial charge in [-0.15, -0.1) is 5.11 Å². The average molecular weight is 277 g/mol. The highest BCUT2D eigenvalue weighted by molar-refractivity contribution is 7.15. The first kappa shape index (κ1) is 13.1. The highest BCUT2D eigenvalue weighted by Crippen LogP contribution is 2.24. The van der Waals surface area contributed by atoms with Gasteiger partial charge in [0.2, 0.25) is 5.13 Å². The Morgan fingerprint density at radius 3 is 2.53 bits per heavy atom. The second kappa shape index (κ2) is 5.53. The molecule has 1 aromatic heterocycles. The van der Waals surface area contributed by atoms with Crippen LogP contribution in [0.4, 0.5) is 16.5 Å². The van der Waals surface area contributed by atoms with Gasteiger partial charge in [-0.2, -0.15) is 0 Å². The Hall–Kier alpha value is -2.35. The molecule has 19 heavy (non-hydrogen) atoms. The third kappa shape index (κ3) is 3.32. The summed E-state index contributed by atoms with van der Waals surface area (Å²) >= 11 is 1.46. The van der Waals surface area contributed by atoms with Crippen molar-refractivity contribution in [1.82, 2.24) is 4.98 Å². The molecular weight excluding hydrogens is 266 g/mol. The van der Waals surface area contributed by atoms with Crippen LogP contribution in [0.25, 0.3) is 0 Å². The van der Waals surface area contributed by atoms with Gasteiger partial charge in [-0.1, -0.05) is 16.6 Å². The number of nitro groups is 1. The van der Waals surface area contributed by atoms with Crippen LogP contribution in [0.5, 0.6) is 0 Å². The topological polar surface area (TPSA) is 92.8 Å². The maximum absolute atomic E-state index is 10.5. The van der Waals surface area contributed by atoms with Crippen molar-refractivity contribution in [3.8, 4) is 0 Å². The van der Waals surface area contributed by atoms with Gasteiger partial charge in [0.15, 0.2) is 0 Å². The minimum absolute atomic E-state index is 0.0358. The lowest BCUT2D eigenvalue weighted by atomic mass is 10.3. The molecule has 0 atom stereocenters. The minimum Gasteiger partial charge on any atom is -0.260 e. The summed E-state index contributed by atoms with van der Waals surface area (Å²) in [6.45, 7) is 3.88. The van der Waals surface area contributed by atoms with Gasteiger partial charge < -0.3 is 0 Å². The molecule has 0 aliphatic carbocycles. The molecule has 0 spiro atoms. The van der Waals surface area contributed by atoms with Crippen molar-refractivity contribution in [2.24, 2.45) is 10.3 Å². The lowest BCUT2D eigenvalue weighted by Gasteiger charge is -1.97. The molecule has 1 N–H and O–H groups in total. The molecule has 2 aromatic rings. The van der Waals surface area contributed by atoms with E-state index in [-0.39, 0.29) is 5.69 Å². The van der Waals surface area contributed by atoms with E-state index >= 15 is 0 Å². The van der Waals surface area contributed by atoms with Crippen LogP contribution in [0.1, 0.15) is 10.6 Å². The summed E-state index contributed by atoms with van der Waals surface area (Å²) in [6.07, 6.45) is 0. The smallest absolute Gasteiger partial charge is 0.260 e. The van der Waals surface area contributed by atoms with Gasteiger partial charge in [0.05, 0.1) is 16.3 Å². The Morgan fingerprint density at radius 1 is 1.32 bits per heavy atom. The predicted molar refractivity (Wildman–Crippen MR) is 72.8 cm³/mol. The molecule has 0 fully saturated rings. The second-order valence-corrected chi connectivity index (χ2v) is 4.94. The van der Waals surface area contributed by atoms with Crippen LogP contribution in [-0.4, -0.2) is 9.91 Å². The monoisotopic (exact) mass is 277 g/mol. The fourth-order valence-corrected chi connectivity index (χ4v) is 2.01. The summed E-state index contributed by atoms with van der Waals surface area (Å²) < 4.78 is 0. The van der Waals surface area contributed by atoms with E-state index in [2.05, 4.69) is 20.7 Å². The molecule has 0 radical (unpaired) electrons. The normalized spacial score (nSPS) is 10.8. The van der Waals surface area contributed by atoms with Crippen LogP contribution in [0, 0.1) is 24.0 Å². The largest absolute Gasteiger partial charge is 0.269 e. The van der Waals surface area contributed by atoms with Crippen molar-refractivity contribution in [2.75, 3.05) is 5.43 Å². The summed E-state index contributed by atoms with van der Waals surface area (Å²) in [5.41, 5.74) is 4.29. The quantitative estimate of drug-likeness (QED) is 0.523. The zero-order valence-corrected chi connectivity index (χ0v) is 11.1. The predicted octanol–water partition coefficient (Wildman–Crippen LogP) is 3.78. The van der Waals surface area contributed by atoms with Gasteiger partial charge in [0, 0.05) is 17.0 Å². The zero-order valence-electron chi connectivity index (χ0n) is 10.3. The van der Waals surface area contributed by atoms with Crippen molar-refractivity contribution >= 4 is 27.8 Å². The Bertz CT molecular complexity index is 601. The Labute approximate surface area is 113 Å². The maximum Gasteiger partial charge on any atom is 0.269 e. The first-order valence-corrected chi connectivity index (χ1v) is 6.23. The van der Waals surface area contributed by atoms with E-state index < -0.39 is 4.92 Å². The number of hydrogen-bond acceptors (Lipinski definition) is 6. The zero-order chi connectivity index (χ0) is 13.8. The van der Waals surface area contributed by atoms with Crippen molar-refractivity contribution < 1.29 is 4.92 Å². The number of anilines is 1. The van der Waals surface area contributed by atoms with E-state index in [0.29, 0.717) is 10.8 Å². The lowest BCUT2D eigenvalue weighted by Crippen LogP contribution is -1.89. The molecule has 1 aromatic carbocycles. The molecule has 7 nitrogen and oxygen atoms in total. The Kier molecular flexibility index (Phi) is 3.81. The maximum atomic E-state index is 10.5. The van der Waals surface area contributed by atoms with Crippen LogP contribution >= 0.6 is 11.3 Å². The summed E-state index contributed by atoms with van der Waals surface area (Å²) in [7, 11) is 0. The van der Waals surface area contributed by atoms with Crippen molar-refractivity contribution in [3.63, 3.8) is 0 Å². The van der Waals surface area contributed by atoms with Crippen LogP contribution in [-0.2, 0) is 0 Å². The van der Waals surface area contributed by atoms with E-state index in [1.807, 2.05) is 13.8 Å². The van der Waals surface area contributed by atoms with Gasteiger partial charge in [0.1, 0.15) is 0 Å². The average Bonchev–Trinajstić information content (AvgIpc) is 2.69. The number of rotatable bonds is 4. The van der Waals surface area contributed by atoms with E-state index in [1.165, 1.54) is 23.5 Å². The summed E-state index contributed by atoms with van der Waals surface area (Å²) in [4.78, 5) is 15.3. The Morgan fingerprint density at radius 2 is 2.00 bits per heavy atom. The van der Waals surface area contributed by atoms with E-state index in [9.17, 15) is 10.1 Å². The van der Waals surface area contributed by atoms with Gasteiger partial charge in [-0.25, -0.2) is 4.98 Å². The molecule has 0 unspecified atom stereocenters. The molecule has 8 heteroatoms. The van der Waals surface area contributed by atoms with E-state index in [0.717, 1.165) is 10.6 Å². The SMILES string of the molecule is Cc1nc(/N=N/Nc2ccc([N+](=O)[O-])cc2)sc1C. The highest BCUT2D eigenvalue weighted by Gasteiger charge is 2.03. The number of benzene rings is 1. The minimum atomic E-state index is -0.452. The standard InChI is InChI=1S/C11H11N5O2S/c1-7-8(2)19-11(12-7)14-15-13-9-3-5-10(6-4-9)16(17)18/h3-6H,1-2H3,(H,12,13,14). The van der Waals surface area contributed by atoms with Crippen molar-refractivity contribution in [2.45, 2.75) is 13.8 Å². The van der Waals surface area contributed by atoms with Gasteiger partial charge in [0.25, 0.3) is 5.69 Å². The first-order valence-electron chi connectivity index (χ1n) is 5.41. The first-order chi connectivity index (χ1) is 9.06. The molecule has 0 amide bonds. The number of nitrogens with zero attached hydrogens (tertiary/aromatic N) is 4. The fraction of sp³-hybridized carbons (Fsp3) is 0.182. The molecule has 0 saturated heterocycles. The number of thiazole rings is 1. The number of non-ortho nitro benzene ring substituents is 1. The molecule has 1 heterocycles. The van der Waals surface area contributed by atoms with Gasteiger partial charge in [-0.05, 0) is 26.0 Å². The number of aryl methyl sites for hydroxylation is 2. The molecule has 98 valence electrons. The molecular formula is C11H11N5O2S. The van der Waals surface area contributed by atoms with E-state index in [4.69, 9.17) is 0 Å². The highest BCUT2D eigenvalue weighted by atomic mass is 32.1. The van der Waals surface area contributed by atoms with Crippen LogP contribution < -0.4 is 5.43 Å². The van der Waals surface area contributed by atoms with Crippen molar-refractivity contribution in [1.29, 1.82) is 0 Å². The fourth-order valence-electron chi connectivity index (χ4n) is 1.28. The number of nitrogens with one attached hydrogen (secondary N) is 1. The summed E-state index contributed by atoms with van der Waals surface area (Å²) in [5.74, 6) is 0. The van der Waals surface area contributed by atoms with Crippen LogP contribution in [0.2, 0.25) is 0 Å². The third-order valence-corrected chi connectivity index (χ3v) is 3.37.